The Kier molecular flexibility index (Phi) is 12.7. The number of fused-ring (bicyclic) bond motifs is 21. The van der Waals surface area contributed by atoms with E-state index in [0.717, 1.165) is 84.1 Å². The lowest BCUT2D eigenvalue weighted by atomic mass is 9.96. The number of rotatable bonds is 9. The first-order valence-electron chi connectivity index (χ1n) is 37.4. The van der Waals surface area contributed by atoms with Gasteiger partial charge < -0.3 is 27.4 Å². The van der Waals surface area contributed by atoms with Crippen LogP contribution in [-0.2, 0) is 0 Å². The predicted molar refractivity (Wildman–Crippen MR) is 462 cm³/mol. The maximum absolute atomic E-state index is 2.50. The Morgan fingerprint density at radius 3 is 0.789 bits per heavy atom. The van der Waals surface area contributed by atoms with Crippen molar-refractivity contribution in [3.63, 3.8) is 0 Å². The van der Waals surface area contributed by atoms with Gasteiger partial charge in [-0.3, -0.25) is 0 Å². The zero-order valence-corrected chi connectivity index (χ0v) is 59.7. The molecule has 0 unspecified atom stereocenters. The van der Waals surface area contributed by atoms with Gasteiger partial charge in [-0.2, -0.15) is 0 Å². The van der Waals surface area contributed by atoms with E-state index in [4.69, 9.17) is 0 Å². The quantitative estimate of drug-likeness (QED) is 0.138. The van der Waals surface area contributed by atoms with Gasteiger partial charge in [-0.1, -0.05) is 212 Å². The third-order valence-electron chi connectivity index (χ3n) is 23.3. The molecule has 0 aliphatic heterocycles. The highest BCUT2D eigenvalue weighted by molar-refractivity contribution is 7.25. The Hall–Kier alpha value is -14.2. The van der Waals surface area contributed by atoms with Gasteiger partial charge in [0.15, 0.2) is 0 Å². The molecule has 6 nitrogen and oxygen atoms in total. The first-order valence-corrected chi connectivity index (χ1v) is 38.3. The van der Waals surface area contributed by atoms with Gasteiger partial charge in [0.25, 0.3) is 0 Å². The normalized spacial score (nSPS) is 12.2. The number of aromatic nitrogens is 6. The van der Waals surface area contributed by atoms with E-state index in [2.05, 4.69) is 404 Å². The van der Waals surface area contributed by atoms with Crippen LogP contribution in [-0.4, -0.2) is 27.4 Å². The number of nitrogens with zero attached hydrogens (tertiary/aromatic N) is 6. The second-order valence-corrected chi connectivity index (χ2v) is 30.2. The third kappa shape index (κ3) is 8.90. The van der Waals surface area contributed by atoms with Gasteiger partial charge in [0.1, 0.15) is 0 Å². The standard InChI is InChI=1S/C102H62N6S/c1-10-34-89-75(25-1)76-26-2-11-35-90(76)104(89)70-23-20-24-71(60-70)106-93-38-14-7-31-81(93)84-48-43-65(58-99(84)106)64-45-50-98-86(57-64)83-33-9-18-42-97(83)103(98)69-22-19-21-63(54-69)67-53-68(56-74(55-67)108-95-40-16-5-29-79(95)80-30-6-17-41-96(80)108)66-44-49-85-82-32-8-15-39-94(82)107(100(85)59-66)73-47-52-102-88(62-73)87-61-72(46-51-101(87)109-102)105-91-36-12-3-27-77(91)78-28-4-13-37-92(78)105/h1-62H. The molecule has 0 amide bonds. The van der Waals surface area contributed by atoms with Crippen molar-refractivity contribution in [3.8, 4) is 67.5 Å². The molecule has 0 aliphatic rings. The molecule has 506 valence electrons. The average Bonchev–Trinajstić information content (AvgIpc) is 1.86. The summed E-state index contributed by atoms with van der Waals surface area (Å²) < 4.78 is 17.3. The number of hydrogen-bond donors (Lipinski definition) is 0. The number of para-hydroxylation sites is 9. The molecule has 24 aromatic rings. The molecule has 7 heterocycles. The fourth-order valence-corrected chi connectivity index (χ4v) is 19.7. The van der Waals surface area contributed by atoms with Crippen LogP contribution in [0.15, 0.2) is 376 Å². The van der Waals surface area contributed by atoms with E-state index >= 15 is 0 Å². The summed E-state index contributed by atoms with van der Waals surface area (Å²) in [5.41, 5.74) is 27.7. The van der Waals surface area contributed by atoms with E-state index in [1.807, 2.05) is 11.3 Å². The molecule has 0 atom stereocenters. The van der Waals surface area contributed by atoms with Gasteiger partial charge in [0.05, 0.1) is 66.2 Å². The van der Waals surface area contributed by atoms with Gasteiger partial charge >= 0.3 is 0 Å². The zero-order valence-electron chi connectivity index (χ0n) is 58.9. The Morgan fingerprint density at radius 1 is 0.128 bits per heavy atom. The highest BCUT2D eigenvalue weighted by atomic mass is 32.1. The van der Waals surface area contributed by atoms with Crippen LogP contribution in [0, 0.1) is 0 Å². The minimum atomic E-state index is 1.10. The van der Waals surface area contributed by atoms with Crippen LogP contribution in [0.1, 0.15) is 0 Å². The van der Waals surface area contributed by atoms with E-state index in [1.165, 1.54) is 134 Å². The van der Waals surface area contributed by atoms with Crippen LogP contribution in [0.25, 0.3) is 219 Å². The number of thiophene rings is 1. The molecule has 0 saturated carbocycles. The molecule has 0 saturated heterocycles. The highest BCUT2D eigenvalue weighted by Gasteiger charge is 2.23. The first kappa shape index (κ1) is 60.1. The summed E-state index contributed by atoms with van der Waals surface area (Å²) in [5.74, 6) is 0. The number of benzene rings is 17. The second kappa shape index (κ2) is 23.1. The lowest BCUT2D eigenvalue weighted by molar-refractivity contribution is 1.13. The van der Waals surface area contributed by atoms with Gasteiger partial charge in [0.2, 0.25) is 0 Å². The summed E-state index contributed by atoms with van der Waals surface area (Å²) in [4.78, 5) is 0. The molecule has 0 aliphatic carbocycles. The zero-order chi connectivity index (χ0) is 71.1. The summed E-state index contributed by atoms with van der Waals surface area (Å²) in [6.45, 7) is 0. The van der Waals surface area contributed by atoms with Crippen molar-refractivity contribution < 1.29 is 0 Å². The molecule has 109 heavy (non-hydrogen) atoms. The maximum Gasteiger partial charge on any atom is 0.0547 e. The Labute approximate surface area is 629 Å². The molecule has 0 fully saturated rings. The summed E-state index contributed by atoms with van der Waals surface area (Å²) in [6.07, 6.45) is 0. The van der Waals surface area contributed by atoms with E-state index in [1.54, 1.807) is 0 Å². The van der Waals surface area contributed by atoms with Gasteiger partial charge in [-0.25, -0.2) is 0 Å². The van der Waals surface area contributed by atoms with Crippen molar-refractivity contribution >= 4 is 162 Å². The molecule has 24 rings (SSSR count). The predicted octanol–water partition coefficient (Wildman–Crippen LogP) is 27.6. The monoisotopic (exact) mass is 1400 g/mol. The molecule has 0 spiro atoms. The minimum absolute atomic E-state index is 1.10. The fraction of sp³-hybridized carbons (Fsp3) is 0. The van der Waals surface area contributed by atoms with Crippen LogP contribution in [0.5, 0.6) is 0 Å². The largest absolute Gasteiger partial charge is 0.309 e. The highest BCUT2D eigenvalue weighted by Crippen LogP contribution is 2.46. The van der Waals surface area contributed by atoms with Gasteiger partial charge in [0, 0.05) is 119 Å². The van der Waals surface area contributed by atoms with Crippen LogP contribution in [0.3, 0.4) is 0 Å². The van der Waals surface area contributed by atoms with E-state index in [-0.39, 0.29) is 0 Å². The van der Waals surface area contributed by atoms with Crippen molar-refractivity contribution in [2.24, 2.45) is 0 Å². The molecule has 7 aromatic heterocycles. The molecule has 7 heteroatoms. The Bertz CT molecular complexity index is 7850. The molecule has 17 aromatic carbocycles. The van der Waals surface area contributed by atoms with Crippen LogP contribution >= 0.6 is 11.3 Å². The maximum atomic E-state index is 2.50. The van der Waals surface area contributed by atoms with Gasteiger partial charge in [-0.15, -0.1) is 11.3 Å². The molecule has 0 N–H and O–H groups in total. The molecule has 0 radical (unpaired) electrons. The summed E-state index contributed by atoms with van der Waals surface area (Å²) in [6, 6.07) is 140. The van der Waals surface area contributed by atoms with Crippen LogP contribution in [0.4, 0.5) is 0 Å². The van der Waals surface area contributed by atoms with Crippen LogP contribution in [0.2, 0.25) is 0 Å². The summed E-state index contributed by atoms with van der Waals surface area (Å²) in [7, 11) is 0. The SMILES string of the molecule is c1cc(-c2cc(-c3ccc4c5ccccc5n(-c5ccc6sc7ccc(-n8c9ccccc9c9ccccc98)cc7c6c5)c4c3)cc(-n3c4ccccc4c4ccccc43)c2)cc(-n2c3ccccc3c3cc(-c4ccc5c6ccccc6n(-c6cccc(-n7c8ccccc8c8ccccc87)c6)c5c4)ccc32)c1. The van der Waals surface area contributed by atoms with Crippen molar-refractivity contribution in [1.29, 1.82) is 0 Å². The fourth-order valence-electron chi connectivity index (χ4n) is 18.6. The smallest absolute Gasteiger partial charge is 0.0547 e. The number of hydrogen-bond acceptors (Lipinski definition) is 1. The van der Waals surface area contributed by atoms with E-state index < -0.39 is 0 Å². The topological polar surface area (TPSA) is 29.6 Å². The average molecular weight is 1400 g/mol. The molecular weight excluding hydrogens is 1340 g/mol. The van der Waals surface area contributed by atoms with Crippen molar-refractivity contribution in [3.05, 3.63) is 376 Å². The Morgan fingerprint density at radius 2 is 0.394 bits per heavy atom. The van der Waals surface area contributed by atoms with E-state index in [9.17, 15) is 0 Å². The van der Waals surface area contributed by atoms with Crippen molar-refractivity contribution in [2.75, 3.05) is 0 Å². The molecule has 0 bridgehead atoms. The van der Waals surface area contributed by atoms with Gasteiger partial charge in [-0.05, 0) is 197 Å². The minimum Gasteiger partial charge on any atom is -0.309 e. The second-order valence-electron chi connectivity index (χ2n) is 29.2. The van der Waals surface area contributed by atoms with Crippen LogP contribution < -0.4 is 0 Å². The lowest BCUT2D eigenvalue weighted by Gasteiger charge is -2.16. The van der Waals surface area contributed by atoms with Crippen molar-refractivity contribution in [1.82, 2.24) is 27.4 Å². The van der Waals surface area contributed by atoms with Crippen molar-refractivity contribution in [2.45, 2.75) is 0 Å². The summed E-state index contributed by atoms with van der Waals surface area (Å²) in [5, 5.41) is 17.3. The first-order chi connectivity index (χ1) is 54.0. The molecular formula is C102H62N6S. The third-order valence-corrected chi connectivity index (χ3v) is 24.5. The lowest BCUT2D eigenvalue weighted by Crippen LogP contribution is -1.98. The van der Waals surface area contributed by atoms with E-state index in [0.29, 0.717) is 0 Å². The Balaban J connectivity index is 0.643. The summed E-state index contributed by atoms with van der Waals surface area (Å²) >= 11 is 1.87.